The monoisotopic (exact) mass is 335 g/mol. The van der Waals surface area contributed by atoms with Crippen molar-refractivity contribution in [2.75, 3.05) is 18.0 Å². The molecule has 1 aromatic carbocycles. The molecule has 6 heteroatoms. The molecular formula is C19H21N5O. The van der Waals surface area contributed by atoms with Gasteiger partial charge in [0.15, 0.2) is 0 Å². The fourth-order valence-electron chi connectivity index (χ4n) is 3.28. The maximum absolute atomic E-state index is 12.4. The number of hydrogen-bond acceptors (Lipinski definition) is 4. The Balaban J connectivity index is 1.71. The Morgan fingerprint density at radius 1 is 1.12 bits per heavy atom. The van der Waals surface area contributed by atoms with Crippen LogP contribution in [0.25, 0.3) is 16.9 Å². The Morgan fingerprint density at radius 2 is 1.92 bits per heavy atom. The molecule has 3 heterocycles. The highest BCUT2D eigenvalue weighted by atomic mass is 16.1. The van der Waals surface area contributed by atoms with Crippen LogP contribution in [0.2, 0.25) is 0 Å². The molecule has 25 heavy (non-hydrogen) atoms. The van der Waals surface area contributed by atoms with Crippen molar-refractivity contribution in [1.82, 2.24) is 19.7 Å². The van der Waals surface area contributed by atoms with Crippen LogP contribution in [0.5, 0.6) is 0 Å². The van der Waals surface area contributed by atoms with E-state index < -0.39 is 0 Å². The normalized spacial score (nSPS) is 14.2. The third kappa shape index (κ3) is 2.95. The minimum absolute atomic E-state index is 0.0939. The summed E-state index contributed by atoms with van der Waals surface area (Å²) in [7, 11) is 0. The number of aryl methyl sites for hydroxylation is 2. The van der Waals surface area contributed by atoms with Gasteiger partial charge in [0.1, 0.15) is 0 Å². The molecule has 0 amide bonds. The van der Waals surface area contributed by atoms with E-state index in [0.717, 1.165) is 47.2 Å². The second-order valence-corrected chi connectivity index (χ2v) is 6.55. The van der Waals surface area contributed by atoms with Gasteiger partial charge in [-0.05, 0) is 44.4 Å². The Labute approximate surface area is 146 Å². The van der Waals surface area contributed by atoms with Crippen LogP contribution in [-0.2, 0) is 0 Å². The Morgan fingerprint density at radius 3 is 2.64 bits per heavy atom. The lowest BCUT2D eigenvalue weighted by molar-refractivity contribution is 0.848. The van der Waals surface area contributed by atoms with Crippen LogP contribution >= 0.6 is 0 Å². The molecule has 2 aromatic heterocycles. The van der Waals surface area contributed by atoms with E-state index in [1.165, 1.54) is 12.8 Å². The van der Waals surface area contributed by atoms with E-state index in [1.807, 2.05) is 44.3 Å². The number of hydrogen-bond donors (Lipinski definition) is 1. The van der Waals surface area contributed by atoms with Gasteiger partial charge in [-0.2, -0.15) is 0 Å². The number of aromatic amines is 1. The molecule has 0 aliphatic carbocycles. The van der Waals surface area contributed by atoms with Gasteiger partial charge >= 0.3 is 0 Å². The first-order chi connectivity index (χ1) is 12.1. The van der Waals surface area contributed by atoms with Crippen molar-refractivity contribution in [2.24, 2.45) is 0 Å². The van der Waals surface area contributed by atoms with Crippen LogP contribution in [0, 0.1) is 13.8 Å². The number of anilines is 1. The summed E-state index contributed by atoms with van der Waals surface area (Å²) < 4.78 is 1.55. The van der Waals surface area contributed by atoms with E-state index in [0.29, 0.717) is 0 Å². The van der Waals surface area contributed by atoms with Crippen molar-refractivity contribution in [2.45, 2.75) is 26.7 Å². The van der Waals surface area contributed by atoms with E-state index in [4.69, 9.17) is 0 Å². The Kier molecular flexibility index (Phi) is 3.87. The molecule has 0 spiro atoms. The van der Waals surface area contributed by atoms with E-state index >= 15 is 0 Å². The molecule has 0 saturated carbocycles. The zero-order chi connectivity index (χ0) is 17.4. The smallest absolute Gasteiger partial charge is 0.271 e. The summed E-state index contributed by atoms with van der Waals surface area (Å²) in [5, 5.41) is 3.18. The second kappa shape index (κ2) is 6.20. The van der Waals surface area contributed by atoms with E-state index in [9.17, 15) is 4.79 Å². The largest absolute Gasteiger partial charge is 0.341 e. The maximum Gasteiger partial charge on any atom is 0.271 e. The fraction of sp³-hybridized carbons (Fsp3) is 0.316. The molecule has 6 nitrogen and oxygen atoms in total. The lowest BCUT2D eigenvalue weighted by Crippen LogP contribution is -2.20. The summed E-state index contributed by atoms with van der Waals surface area (Å²) in [6, 6.07) is 9.43. The van der Waals surface area contributed by atoms with Gasteiger partial charge in [0, 0.05) is 30.9 Å². The van der Waals surface area contributed by atoms with Gasteiger partial charge in [0.05, 0.1) is 17.1 Å². The quantitative estimate of drug-likeness (QED) is 0.799. The SMILES string of the molecule is Cc1cccc(-n2[nH]c(-c3cnc(N4CCCC4)nc3C)cc2=O)c1. The fourth-order valence-corrected chi connectivity index (χ4v) is 3.28. The van der Waals surface area contributed by atoms with Gasteiger partial charge in [-0.25, -0.2) is 14.6 Å². The zero-order valence-corrected chi connectivity index (χ0v) is 14.5. The molecule has 0 unspecified atom stereocenters. The van der Waals surface area contributed by atoms with Crippen molar-refractivity contribution in [3.8, 4) is 16.9 Å². The third-order valence-corrected chi connectivity index (χ3v) is 4.63. The maximum atomic E-state index is 12.4. The number of aromatic nitrogens is 4. The number of nitrogens with zero attached hydrogens (tertiary/aromatic N) is 4. The lowest BCUT2D eigenvalue weighted by Gasteiger charge is -2.16. The number of rotatable bonds is 3. The molecule has 4 rings (SSSR count). The first-order valence-electron chi connectivity index (χ1n) is 8.60. The van der Waals surface area contributed by atoms with Crippen molar-refractivity contribution in [3.05, 3.63) is 58.1 Å². The average Bonchev–Trinajstić information content (AvgIpc) is 3.24. The van der Waals surface area contributed by atoms with Crippen LogP contribution in [0.4, 0.5) is 5.95 Å². The Hall–Kier alpha value is -2.89. The first kappa shape index (κ1) is 15.6. The molecule has 0 bridgehead atoms. The van der Waals surface area contributed by atoms with E-state index in [1.54, 1.807) is 10.7 Å². The van der Waals surface area contributed by atoms with E-state index in [-0.39, 0.29) is 5.56 Å². The van der Waals surface area contributed by atoms with E-state index in [2.05, 4.69) is 20.0 Å². The van der Waals surface area contributed by atoms with Crippen LogP contribution in [-0.4, -0.2) is 32.8 Å². The van der Waals surface area contributed by atoms with Crippen LogP contribution in [0.1, 0.15) is 24.1 Å². The van der Waals surface area contributed by atoms with Gasteiger partial charge in [-0.3, -0.25) is 9.89 Å². The molecule has 0 atom stereocenters. The van der Waals surface area contributed by atoms with Crippen molar-refractivity contribution >= 4 is 5.95 Å². The van der Waals surface area contributed by atoms with Gasteiger partial charge in [-0.15, -0.1) is 0 Å². The average molecular weight is 335 g/mol. The molecule has 0 radical (unpaired) electrons. The van der Waals surface area contributed by atoms with Crippen LogP contribution in [0.15, 0.2) is 41.3 Å². The summed E-state index contributed by atoms with van der Waals surface area (Å²) in [5.74, 6) is 0.777. The Bertz CT molecular complexity index is 966. The highest BCUT2D eigenvalue weighted by Crippen LogP contribution is 2.22. The van der Waals surface area contributed by atoms with Crippen molar-refractivity contribution in [3.63, 3.8) is 0 Å². The predicted molar refractivity (Wildman–Crippen MR) is 98.3 cm³/mol. The molecule has 1 saturated heterocycles. The lowest BCUT2D eigenvalue weighted by atomic mass is 10.2. The molecule has 1 aliphatic heterocycles. The standard InChI is InChI=1S/C19H21N5O/c1-13-6-5-7-15(10-13)24-18(25)11-17(22-24)16-12-20-19(21-14(16)2)23-8-3-4-9-23/h5-7,10-12,22H,3-4,8-9H2,1-2H3. The minimum atomic E-state index is -0.0939. The van der Waals surface area contributed by atoms with Crippen LogP contribution in [0.3, 0.4) is 0 Å². The topological polar surface area (TPSA) is 66.8 Å². The summed E-state index contributed by atoms with van der Waals surface area (Å²) in [4.78, 5) is 23.7. The minimum Gasteiger partial charge on any atom is -0.341 e. The van der Waals surface area contributed by atoms with Crippen molar-refractivity contribution in [1.29, 1.82) is 0 Å². The first-order valence-corrected chi connectivity index (χ1v) is 8.60. The van der Waals surface area contributed by atoms with Gasteiger partial charge < -0.3 is 4.90 Å². The zero-order valence-electron chi connectivity index (χ0n) is 14.5. The number of H-pyrrole nitrogens is 1. The van der Waals surface area contributed by atoms with Crippen LogP contribution < -0.4 is 10.5 Å². The van der Waals surface area contributed by atoms with Gasteiger partial charge in [0.25, 0.3) is 5.56 Å². The third-order valence-electron chi connectivity index (χ3n) is 4.63. The molecular weight excluding hydrogens is 314 g/mol. The summed E-state index contributed by atoms with van der Waals surface area (Å²) in [5.41, 5.74) is 4.29. The molecule has 128 valence electrons. The molecule has 3 aromatic rings. The van der Waals surface area contributed by atoms with Gasteiger partial charge in [-0.1, -0.05) is 12.1 Å². The predicted octanol–water partition coefficient (Wildman–Crippen LogP) is 2.84. The molecule has 1 N–H and O–H groups in total. The number of nitrogens with one attached hydrogen (secondary N) is 1. The van der Waals surface area contributed by atoms with Gasteiger partial charge in [0.2, 0.25) is 5.95 Å². The summed E-state index contributed by atoms with van der Waals surface area (Å²) >= 11 is 0. The summed E-state index contributed by atoms with van der Waals surface area (Å²) in [6.07, 6.45) is 4.19. The highest BCUT2D eigenvalue weighted by molar-refractivity contribution is 5.61. The highest BCUT2D eigenvalue weighted by Gasteiger charge is 2.17. The molecule has 1 aliphatic rings. The second-order valence-electron chi connectivity index (χ2n) is 6.55. The summed E-state index contributed by atoms with van der Waals surface area (Å²) in [6.45, 7) is 5.99. The molecule has 1 fully saturated rings. The number of benzene rings is 1. The van der Waals surface area contributed by atoms with Crippen molar-refractivity contribution < 1.29 is 0 Å².